The maximum Gasteiger partial charge on any atom is 0.298 e. The Morgan fingerprint density at radius 3 is 2.50 bits per heavy atom. The number of halogens is 4. The lowest BCUT2D eigenvalue weighted by Gasteiger charge is -2.35. The molecule has 2 aromatic rings. The van der Waals surface area contributed by atoms with Gasteiger partial charge in [-0.25, -0.2) is 8.78 Å². The molecule has 4 rings (SSSR count). The number of para-hydroxylation sites is 2. The van der Waals surface area contributed by atoms with Gasteiger partial charge in [-0.2, -0.15) is 4.98 Å². The van der Waals surface area contributed by atoms with E-state index in [1.807, 2.05) is 29.2 Å². The number of amides is 1. The zero-order valence-corrected chi connectivity index (χ0v) is 15.5. The van der Waals surface area contributed by atoms with Crippen LogP contribution in [0.3, 0.4) is 0 Å². The normalized spacial score (nSPS) is 22.0. The Kier molecular flexibility index (Phi) is 6.31. The molecule has 0 saturated carbocycles. The van der Waals surface area contributed by atoms with E-state index in [4.69, 9.17) is 4.42 Å². The lowest BCUT2D eigenvalue weighted by molar-refractivity contribution is -0.134. The van der Waals surface area contributed by atoms with Crippen LogP contribution < -0.4 is 10.2 Å². The van der Waals surface area contributed by atoms with Gasteiger partial charge in [0.25, 0.3) is 11.9 Å². The number of nitrogens with one attached hydrogen (secondary N) is 1. The van der Waals surface area contributed by atoms with Crippen LogP contribution in [0.25, 0.3) is 11.1 Å². The van der Waals surface area contributed by atoms with Gasteiger partial charge in [-0.3, -0.25) is 10.1 Å². The Hall–Kier alpha value is -1.64. The summed E-state index contributed by atoms with van der Waals surface area (Å²) in [4.78, 5) is 20.4. The molecule has 0 radical (unpaired) electrons. The molecule has 1 unspecified atom stereocenters. The third-order valence-corrected chi connectivity index (χ3v) is 4.55. The molecule has 2 aliphatic rings. The number of anilines is 1. The van der Waals surface area contributed by atoms with E-state index in [0.29, 0.717) is 32.2 Å². The number of fused-ring (bicyclic) bond motifs is 1. The topological polar surface area (TPSA) is 61.6 Å². The van der Waals surface area contributed by atoms with Crippen molar-refractivity contribution in [3.8, 4) is 0 Å². The minimum Gasteiger partial charge on any atom is -0.423 e. The predicted molar refractivity (Wildman–Crippen MR) is 98.7 cm³/mol. The van der Waals surface area contributed by atoms with Gasteiger partial charge in [0.1, 0.15) is 5.52 Å². The highest BCUT2D eigenvalue weighted by Gasteiger charge is 2.43. The number of hydrogen-bond donors (Lipinski definition) is 1. The van der Waals surface area contributed by atoms with E-state index in [-0.39, 0.29) is 30.7 Å². The minimum atomic E-state index is -2.79. The molecular formula is C16H20Cl2F2N4O2. The molecule has 2 aliphatic heterocycles. The second-order valence-electron chi connectivity index (χ2n) is 6.27. The molecule has 3 heterocycles. The number of nitrogens with zero attached hydrogens (tertiary/aromatic N) is 3. The van der Waals surface area contributed by atoms with E-state index in [1.165, 1.54) is 0 Å². The number of oxazole rings is 1. The molecule has 1 aromatic heterocycles. The van der Waals surface area contributed by atoms with Gasteiger partial charge in [0, 0.05) is 32.6 Å². The largest absolute Gasteiger partial charge is 0.423 e. The predicted octanol–water partition coefficient (Wildman–Crippen LogP) is 2.32. The second-order valence-corrected chi connectivity index (χ2v) is 6.27. The molecule has 0 aliphatic carbocycles. The van der Waals surface area contributed by atoms with Crippen molar-refractivity contribution in [2.75, 3.05) is 37.6 Å². The Bertz CT molecular complexity index is 733. The van der Waals surface area contributed by atoms with E-state index in [9.17, 15) is 13.6 Å². The summed E-state index contributed by atoms with van der Waals surface area (Å²) in [6.45, 7) is 1.66. The van der Waals surface area contributed by atoms with Crippen LogP contribution in [0, 0.1) is 0 Å². The van der Waals surface area contributed by atoms with Crippen LogP contribution in [0.4, 0.5) is 14.8 Å². The van der Waals surface area contributed by atoms with Crippen molar-refractivity contribution >= 4 is 47.8 Å². The van der Waals surface area contributed by atoms with E-state index >= 15 is 0 Å². The maximum absolute atomic E-state index is 13.2. The summed E-state index contributed by atoms with van der Waals surface area (Å²) in [7, 11) is 0. The Morgan fingerprint density at radius 2 is 1.88 bits per heavy atom. The molecule has 0 bridgehead atoms. The first-order valence-corrected chi connectivity index (χ1v) is 8.02. The van der Waals surface area contributed by atoms with Gasteiger partial charge in [0.05, 0.1) is 12.6 Å². The van der Waals surface area contributed by atoms with Gasteiger partial charge in [0.2, 0.25) is 5.91 Å². The lowest BCUT2D eigenvalue weighted by atomic mass is 10.1. The fraction of sp³-hybridized carbons (Fsp3) is 0.500. The van der Waals surface area contributed by atoms with Crippen molar-refractivity contribution in [1.29, 1.82) is 0 Å². The molecule has 10 heteroatoms. The third kappa shape index (κ3) is 4.02. The summed E-state index contributed by atoms with van der Waals surface area (Å²) in [6, 6.07) is 7.28. The monoisotopic (exact) mass is 408 g/mol. The molecule has 26 heavy (non-hydrogen) atoms. The van der Waals surface area contributed by atoms with E-state index < -0.39 is 24.9 Å². The minimum absolute atomic E-state index is 0. The summed E-state index contributed by atoms with van der Waals surface area (Å²) in [5, 5.41) is 2.62. The van der Waals surface area contributed by atoms with E-state index in [1.54, 1.807) is 4.90 Å². The summed E-state index contributed by atoms with van der Waals surface area (Å²) in [6.07, 6.45) is -0.419. The van der Waals surface area contributed by atoms with Gasteiger partial charge >= 0.3 is 0 Å². The van der Waals surface area contributed by atoms with Crippen LogP contribution in [0.2, 0.25) is 0 Å². The average molecular weight is 409 g/mol. The van der Waals surface area contributed by atoms with Crippen LogP contribution in [0.5, 0.6) is 0 Å². The fourth-order valence-corrected chi connectivity index (χ4v) is 3.22. The number of carbonyl (C=O) groups excluding carboxylic acids is 1. The number of alkyl halides is 2. The highest BCUT2D eigenvalue weighted by molar-refractivity contribution is 5.85. The summed E-state index contributed by atoms with van der Waals surface area (Å²) in [5.74, 6) is -3.04. The second kappa shape index (κ2) is 7.94. The van der Waals surface area contributed by atoms with Crippen LogP contribution in [-0.2, 0) is 4.79 Å². The molecule has 2 saturated heterocycles. The van der Waals surface area contributed by atoms with Crippen molar-refractivity contribution in [2.24, 2.45) is 0 Å². The van der Waals surface area contributed by atoms with Gasteiger partial charge in [-0.05, 0) is 12.1 Å². The quantitative estimate of drug-likeness (QED) is 0.825. The average Bonchev–Trinajstić information content (AvgIpc) is 3.17. The van der Waals surface area contributed by atoms with Crippen molar-refractivity contribution in [3.63, 3.8) is 0 Å². The number of carbonyl (C=O) groups is 1. The molecule has 6 nitrogen and oxygen atoms in total. The zero-order chi connectivity index (χ0) is 16.7. The smallest absolute Gasteiger partial charge is 0.298 e. The van der Waals surface area contributed by atoms with Crippen molar-refractivity contribution in [2.45, 2.75) is 18.4 Å². The number of hydrogen-bond acceptors (Lipinski definition) is 5. The van der Waals surface area contributed by atoms with Gasteiger partial charge < -0.3 is 14.2 Å². The molecule has 1 N–H and O–H groups in total. The van der Waals surface area contributed by atoms with E-state index in [2.05, 4.69) is 10.3 Å². The van der Waals surface area contributed by atoms with Crippen LogP contribution in [0.1, 0.15) is 6.42 Å². The first-order chi connectivity index (χ1) is 11.5. The van der Waals surface area contributed by atoms with Crippen LogP contribution in [-0.4, -0.2) is 60.5 Å². The first-order valence-electron chi connectivity index (χ1n) is 8.02. The van der Waals surface area contributed by atoms with Crippen molar-refractivity contribution < 1.29 is 18.0 Å². The first kappa shape index (κ1) is 20.7. The van der Waals surface area contributed by atoms with Gasteiger partial charge in [0.15, 0.2) is 5.58 Å². The Morgan fingerprint density at radius 1 is 1.19 bits per heavy atom. The molecule has 1 aromatic carbocycles. The fourth-order valence-electron chi connectivity index (χ4n) is 3.22. The van der Waals surface area contributed by atoms with Gasteiger partial charge in [-0.1, -0.05) is 12.1 Å². The SMILES string of the molecule is Cl.Cl.O=C(C1CC(F)(F)CN1)N1CCN(c2nc3ccccc3o2)CC1. The maximum atomic E-state index is 13.2. The van der Waals surface area contributed by atoms with Gasteiger partial charge in [-0.15, -0.1) is 24.8 Å². The standard InChI is InChI=1S/C16H18F2N4O2.2ClH/c17-16(18)9-12(19-10-16)14(23)21-5-7-22(8-6-21)15-20-11-3-1-2-4-13(11)24-15;;/h1-4,12,19H,5-10H2;2*1H. The zero-order valence-electron chi connectivity index (χ0n) is 13.9. The molecule has 0 spiro atoms. The van der Waals surface area contributed by atoms with Crippen molar-refractivity contribution in [1.82, 2.24) is 15.2 Å². The lowest BCUT2D eigenvalue weighted by Crippen LogP contribution is -2.53. The highest BCUT2D eigenvalue weighted by atomic mass is 35.5. The number of benzene rings is 1. The Balaban J connectivity index is 0.00000121. The molecule has 144 valence electrons. The summed E-state index contributed by atoms with van der Waals surface area (Å²) < 4.78 is 32.2. The number of rotatable bonds is 2. The number of piperazine rings is 1. The Labute approximate surface area is 161 Å². The molecule has 1 amide bonds. The summed E-state index contributed by atoms with van der Waals surface area (Å²) >= 11 is 0. The number of aromatic nitrogens is 1. The van der Waals surface area contributed by atoms with Crippen LogP contribution in [0.15, 0.2) is 28.7 Å². The van der Waals surface area contributed by atoms with E-state index in [0.717, 1.165) is 11.1 Å². The van der Waals surface area contributed by atoms with Crippen molar-refractivity contribution in [3.05, 3.63) is 24.3 Å². The highest BCUT2D eigenvalue weighted by Crippen LogP contribution is 2.27. The molecular weight excluding hydrogens is 389 g/mol. The molecule has 1 atom stereocenters. The molecule has 2 fully saturated rings. The van der Waals surface area contributed by atoms with Crippen LogP contribution >= 0.6 is 24.8 Å². The third-order valence-electron chi connectivity index (χ3n) is 4.55. The summed E-state index contributed by atoms with van der Waals surface area (Å²) in [5.41, 5.74) is 1.52.